The van der Waals surface area contributed by atoms with Crippen molar-refractivity contribution in [1.82, 2.24) is 0 Å². The molecule has 3 N–H and O–H groups in total. The Kier molecular flexibility index (Phi) is 47.2. The van der Waals surface area contributed by atoms with Crippen LogP contribution in [0.1, 0.15) is 271 Å². The van der Waals surface area contributed by atoms with Crippen molar-refractivity contribution in [3.63, 3.8) is 0 Å². The number of ether oxygens (including phenoxy) is 2. The van der Waals surface area contributed by atoms with Crippen LogP contribution >= 0.6 is 7.82 Å². The van der Waals surface area contributed by atoms with Crippen LogP contribution in [-0.2, 0) is 32.7 Å². The molecule has 2 atom stereocenters. The van der Waals surface area contributed by atoms with Crippen molar-refractivity contribution in [1.29, 1.82) is 0 Å². The highest BCUT2D eigenvalue weighted by atomic mass is 31.2. The van der Waals surface area contributed by atoms with Crippen LogP contribution in [0.2, 0.25) is 0 Å². The number of hydrogen-bond acceptors (Lipinski definition) is 8. The molecular formula is C51H100NO8P. The van der Waals surface area contributed by atoms with Gasteiger partial charge in [-0.25, -0.2) is 4.57 Å². The molecule has 0 bridgehead atoms. The molecule has 0 aliphatic heterocycles. The van der Waals surface area contributed by atoms with Crippen LogP contribution in [-0.4, -0.2) is 49.3 Å². The molecule has 61 heavy (non-hydrogen) atoms. The first kappa shape index (κ1) is 59.8. The van der Waals surface area contributed by atoms with Gasteiger partial charge < -0.3 is 20.1 Å². The molecule has 0 radical (unpaired) electrons. The first-order valence-corrected chi connectivity index (χ1v) is 27.7. The van der Waals surface area contributed by atoms with E-state index in [4.69, 9.17) is 24.3 Å². The van der Waals surface area contributed by atoms with E-state index in [9.17, 15) is 19.0 Å². The Balaban J connectivity index is 3.79. The van der Waals surface area contributed by atoms with Gasteiger partial charge in [0.25, 0.3) is 0 Å². The summed E-state index contributed by atoms with van der Waals surface area (Å²) in [6.45, 7) is 3.75. The van der Waals surface area contributed by atoms with E-state index in [1.807, 2.05) is 0 Å². The highest BCUT2D eigenvalue weighted by molar-refractivity contribution is 7.47. The van der Waals surface area contributed by atoms with Gasteiger partial charge in [0.2, 0.25) is 0 Å². The fraction of sp³-hybridized carbons (Fsp3) is 0.922. The van der Waals surface area contributed by atoms with E-state index in [1.165, 1.54) is 205 Å². The number of carbonyl (C=O) groups excluding carboxylic acids is 2. The summed E-state index contributed by atoms with van der Waals surface area (Å²) >= 11 is 0. The van der Waals surface area contributed by atoms with Gasteiger partial charge in [-0.2, -0.15) is 0 Å². The molecule has 9 nitrogen and oxygen atoms in total. The van der Waals surface area contributed by atoms with Crippen molar-refractivity contribution >= 4 is 19.8 Å². The summed E-state index contributed by atoms with van der Waals surface area (Å²) in [5.74, 6) is -0.817. The summed E-state index contributed by atoms with van der Waals surface area (Å²) in [4.78, 5) is 34.9. The Morgan fingerprint density at radius 1 is 0.475 bits per heavy atom. The number of unbranched alkanes of at least 4 members (excludes halogenated alkanes) is 35. The molecule has 0 rings (SSSR count). The molecule has 2 unspecified atom stereocenters. The molecule has 0 saturated heterocycles. The minimum Gasteiger partial charge on any atom is -0.462 e. The van der Waals surface area contributed by atoms with Crippen molar-refractivity contribution < 1.29 is 37.6 Å². The minimum atomic E-state index is -4.37. The zero-order chi connectivity index (χ0) is 44.6. The van der Waals surface area contributed by atoms with Crippen molar-refractivity contribution in [3.8, 4) is 0 Å². The molecule has 0 aromatic rings. The van der Waals surface area contributed by atoms with E-state index in [0.29, 0.717) is 6.42 Å². The minimum absolute atomic E-state index is 0.0570. The highest BCUT2D eigenvalue weighted by Gasteiger charge is 2.26. The molecule has 0 spiro atoms. The fourth-order valence-electron chi connectivity index (χ4n) is 7.75. The average molecular weight is 886 g/mol. The summed E-state index contributed by atoms with van der Waals surface area (Å²) in [5.41, 5.74) is 5.35. The first-order chi connectivity index (χ1) is 29.8. The lowest BCUT2D eigenvalue weighted by atomic mass is 10.0. The van der Waals surface area contributed by atoms with E-state index in [1.54, 1.807) is 0 Å². The maximum Gasteiger partial charge on any atom is 0.472 e. The normalized spacial score (nSPS) is 13.2. The number of esters is 2. The van der Waals surface area contributed by atoms with Gasteiger partial charge in [-0.3, -0.25) is 18.6 Å². The van der Waals surface area contributed by atoms with Gasteiger partial charge in [0.15, 0.2) is 6.10 Å². The van der Waals surface area contributed by atoms with Crippen molar-refractivity contribution in [2.75, 3.05) is 26.4 Å². The molecule has 10 heteroatoms. The second-order valence-electron chi connectivity index (χ2n) is 17.8. The third kappa shape index (κ3) is 48.1. The van der Waals surface area contributed by atoms with E-state index in [-0.39, 0.29) is 38.6 Å². The van der Waals surface area contributed by atoms with Crippen LogP contribution < -0.4 is 5.73 Å². The summed E-state index contributed by atoms with van der Waals surface area (Å²) in [7, 11) is -4.37. The van der Waals surface area contributed by atoms with Crippen LogP contribution in [0.25, 0.3) is 0 Å². The predicted octanol–water partition coefficient (Wildman–Crippen LogP) is 15.7. The smallest absolute Gasteiger partial charge is 0.462 e. The average Bonchev–Trinajstić information content (AvgIpc) is 3.25. The number of phosphoric ester groups is 1. The number of allylic oxidation sites excluding steroid dienone is 2. The largest absolute Gasteiger partial charge is 0.472 e. The van der Waals surface area contributed by atoms with Gasteiger partial charge in [-0.15, -0.1) is 0 Å². The molecule has 0 saturated carbocycles. The molecule has 0 amide bonds. The highest BCUT2D eigenvalue weighted by Crippen LogP contribution is 2.43. The Hall–Kier alpha value is -1.25. The standard InChI is InChI=1S/C51H100NO8P/c1-3-5-7-9-11-13-14-15-16-17-18-19-20-21-22-23-24-25-26-27-28-29-30-31-32-33-34-36-38-40-42-44-51(54)60-49(48-59-61(55,56)58-46-45-52)47-57-50(53)43-41-39-37-35-12-10-8-6-4-2/h17-18,49H,3-16,19-48,52H2,1-2H3,(H,55,56)/b18-17-. The monoisotopic (exact) mass is 886 g/mol. The molecule has 362 valence electrons. The van der Waals surface area contributed by atoms with Crippen LogP contribution in [0.4, 0.5) is 0 Å². The molecule has 0 aromatic heterocycles. The van der Waals surface area contributed by atoms with Gasteiger partial charge in [0.1, 0.15) is 6.61 Å². The van der Waals surface area contributed by atoms with Gasteiger partial charge in [-0.05, 0) is 38.5 Å². The molecule has 0 aliphatic rings. The second-order valence-corrected chi connectivity index (χ2v) is 19.2. The third-order valence-corrected chi connectivity index (χ3v) is 12.6. The van der Waals surface area contributed by atoms with E-state index < -0.39 is 26.5 Å². The zero-order valence-corrected chi connectivity index (χ0v) is 41.1. The topological polar surface area (TPSA) is 134 Å². The maximum absolute atomic E-state index is 12.6. The summed E-state index contributed by atoms with van der Waals surface area (Å²) in [6.07, 6.45) is 52.9. The van der Waals surface area contributed by atoms with E-state index in [0.717, 1.165) is 32.1 Å². The first-order valence-electron chi connectivity index (χ1n) is 26.2. The Morgan fingerprint density at radius 3 is 1.16 bits per heavy atom. The molecule has 0 fully saturated rings. The second kappa shape index (κ2) is 48.2. The number of nitrogens with two attached hydrogens (primary N) is 1. The van der Waals surface area contributed by atoms with Gasteiger partial charge in [0.05, 0.1) is 13.2 Å². The summed E-state index contributed by atoms with van der Waals surface area (Å²) in [5, 5.41) is 0. The van der Waals surface area contributed by atoms with Crippen molar-refractivity contribution in [3.05, 3.63) is 12.2 Å². The van der Waals surface area contributed by atoms with Gasteiger partial charge >= 0.3 is 19.8 Å². The van der Waals surface area contributed by atoms with Gasteiger partial charge in [-0.1, -0.05) is 231 Å². The van der Waals surface area contributed by atoms with E-state index >= 15 is 0 Å². The van der Waals surface area contributed by atoms with E-state index in [2.05, 4.69) is 26.0 Å². The summed E-state index contributed by atoms with van der Waals surface area (Å²) < 4.78 is 32.8. The molecule has 0 aromatic carbocycles. The quantitative estimate of drug-likeness (QED) is 0.0265. The molecule has 0 aliphatic carbocycles. The number of rotatable bonds is 50. The van der Waals surface area contributed by atoms with Crippen LogP contribution in [0.5, 0.6) is 0 Å². The Bertz CT molecular complexity index is 1010. The lowest BCUT2D eigenvalue weighted by molar-refractivity contribution is -0.161. The maximum atomic E-state index is 12.6. The number of hydrogen-bond donors (Lipinski definition) is 2. The number of phosphoric acid groups is 1. The SMILES string of the molecule is CCCCCCCCCC/C=C\CCCCCCCCCCCCCCCCCCCCCC(=O)OC(COC(=O)CCCCCCCCCCC)COP(=O)(O)OCCN. The Morgan fingerprint density at radius 2 is 0.803 bits per heavy atom. The predicted molar refractivity (Wildman–Crippen MR) is 257 cm³/mol. The lowest BCUT2D eigenvalue weighted by Crippen LogP contribution is -2.29. The molecular weight excluding hydrogens is 786 g/mol. The third-order valence-electron chi connectivity index (χ3n) is 11.7. The van der Waals surface area contributed by atoms with Crippen LogP contribution in [0.3, 0.4) is 0 Å². The van der Waals surface area contributed by atoms with Crippen molar-refractivity contribution in [2.45, 2.75) is 277 Å². The van der Waals surface area contributed by atoms with Crippen LogP contribution in [0, 0.1) is 0 Å². The van der Waals surface area contributed by atoms with Gasteiger partial charge in [0, 0.05) is 19.4 Å². The zero-order valence-electron chi connectivity index (χ0n) is 40.2. The van der Waals surface area contributed by atoms with Crippen LogP contribution in [0.15, 0.2) is 12.2 Å². The summed E-state index contributed by atoms with van der Waals surface area (Å²) in [6, 6.07) is 0. The lowest BCUT2D eigenvalue weighted by Gasteiger charge is -2.19. The Labute approximate surface area is 377 Å². The molecule has 0 heterocycles. The number of carbonyl (C=O) groups is 2. The fourth-order valence-corrected chi connectivity index (χ4v) is 8.52. The van der Waals surface area contributed by atoms with Crippen molar-refractivity contribution in [2.24, 2.45) is 5.73 Å².